The van der Waals surface area contributed by atoms with Crippen molar-refractivity contribution in [3.8, 4) is 0 Å². The minimum atomic E-state index is -0.834. The van der Waals surface area contributed by atoms with Gasteiger partial charge in [0.05, 0.1) is 0 Å². The third-order valence-corrected chi connectivity index (χ3v) is 6.43. The third-order valence-electron chi connectivity index (χ3n) is 6.43. The van der Waals surface area contributed by atoms with Gasteiger partial charge in [0.15, 0.2) is 0 Å². The Labute approximate surface area is 213 Å². The van der Waals surface area contributed by atoms with E-state index in [1.54, 1.807) is 12.1 Å². The maximum absolute atomic E-state index is 13.0. The molecule has 1 unspecified atom stereocenters. The van der Waals surface area contributed by atoms with Crippen molar-refractivity contribution < 1.29 is 18.7 Å². The van der Waals surface area contributed by atoms with Crippen molar-refractivity contribution in [1.82, 2.24) is 5.32 Å². The zero-order valence-electron chi connectivity index (χ0n) is 22.5. The van der Waals surface area contributed by atoms with Crippen LogP contribution in [-0.2, 0) is 21.6 Å². The maximum atomic E-state index is 13.0. The Balaban J connectivity index is 1.79. The second kappa shape index (κ2) is 10.7. The summed E-state index contributed by atoms with van der Waals surface area (Å²) in [6, 6.07) is 11.7. The molecule has 1 aromatic heterocycles. The quantitative estimate of drug-likeness (QED) is 0.323. The molecular formula is C30H37NO5. The van der Waals surface area contributed by atoms with Crippen LogP contribution in [0.4, 0.5) is 0 Å². The minimum Gasteiger partial charge on any atom is -0.459 e. The van der Waals surface area contributed by atoms with Gasteiger partial charge in [-0.1, -0.05) is 60.6 Å². The summed E-state index contributed by atoms with van der Waals surface area (Å²) < 4.78 is 11.0. The van der Waals surface area contributed by atoms with Crippen LogP contribution in [0.15, 0.2) is 51.7 Å². The van der Waals surface area contributed by atoms with E-state index in [0.29, 0.717) is 16.7 Å². The van der Waals surface area contributed by atoms with Crippen LogP contribution in [0.3, 0.4) is 0 Å². The van der Waals surface area contributed by atoms with Gasteiger partial charge >= 0.3 is 11.6 Å². The number of hydrogen-bond acceptors (Lipinski definition) is 5. The van der Waals surface area contributed by atoms with Gasteiger partial charge in [-0.05, 0) is 65.1 Å². The molecule has 0 aliphatic heterocycles. The van der Waals surface area contributed by atoms with E-state index in [0.717, 1.165) is 22.1 Å². The van der Waals surface area contributed by atoms with Gasteiger partial charge in [-0.25, -0.2) is 9.59 Å². The third kappa shape index (κ3) is 6.23. The van der Waals surface area contributed by atoms with Crippen LogP contribution in [-0.4, -0.2) is 17.9 Å². The van der Waals surface area contributed by atoms with E-state index >= 15 is 0 Å². The minimum absolute atomic E-state index is 0.0211. The van der Waals surface area contributed by atoms with Crippen LogP contribution in [0.2, 0.25) is 0 Å². The van der Waals surface area contributed by atoms with E-state index in [4.69, 9.17) is 9.15 Å². The van der Waals surface area contributed by atoms with Gasteiger partial charge in [-0.2, -0.15) is 0 Å². The van der Waals surface area contributed by atoms with Crippen LogP contribution in [0.1, 0.15) is 87.0 Å². The predicted molar refractivity (Wildman–Crippen MR) is 142 cm³/mol. The van der Waals surface area contributed by atoms with Crippen molar-refractivity contribution in [2.24, 2.45) is 5.92 Å². The molecule has 1 amide bonds. The summed E-state index contributed by atoms with van der Waals surface area (Å²) in [6.45, 7) is 16.1. The first-order valence-corrected chi connectivity index (χ1v) is 12.4. The lowest BCUT2D eigenvalue weighted by Crippen LogP contribution is -2.45. The number of carbonyl (C=O) groups excluding carboxylic acids is 2. The number of rotatable bonds is 7. The maximum Gasteiger partial charge on any atom is 0.336 e. The van der Waals surface area contributed by atoms with Gasteiger partial charge < -0.3 is 14.5 Å². The van der Waals surface area contributed by atoms with E-state index in [2.05, 4.69) is 39.9 Å². The Kier molecular flexibility index (Phi) is 8.07. The van der Waals surface area contributed by atoms with Crippen molar-refractivity contribution in [2.45, 2.75) is 79.4 Å². The molecule has 6 heteroatoms. The average molecular weight is 492 g/mol. The molecule has 36 heavy (non-hydrogen) atoms. The van der Waals surface area contributed by atoms with Crippen molar-refractivity contribution in [1.29, 1.82) is 0 Å². The van der Waals surface area contributed by atoms with Crippen molar-refractivity contribution >= 4 is 22.8 Å². The van der Waals surface area contributed by atoms with Crippen LogP contribution >= 0.6 is 0 Å². The standard InChI is InChI=1S/C30H37NO5/c1-17(2)23-15-24-21(14-26(32)36-25(24)13-19(23)5)16-35-29(34)27(18(3)4)31-28(33)20-9-11-22(12-10-20)30(6,7)8/h9-15,17-18,27H,16H2,1-8H3,(H,31,33). The van der Waals surface area contributed by atoms with Gasteiger partial charge in [0, 0.05) is 22.6 Å². The number of ether oxygens (including phenoxy) is 1. The molecular weight excluding hydrogens is 454 g/mol. The summed E-state index contributed by atoms with van der Waals surface area (Å²) in [4.78, 5) is 38.0. The Morgan fingerprint density at radius 1 is 1.00 bits per heavy atom. The molecule has 3 aromatic rings. The molecule has 1 N–H and O–H groups in total. The molecule has 0 fully saturated rings. The van der Waals surface area contributed by atoms with Crippen LogP contribution in [0, 0.1) is 12.8 Å². The molecule has 0 aliphatic rings. The SMILES string of the molecule is Cc1cc2oc(=O)cc(COC(=O)C(NC(=O)c3ccc(C(C)(C)C)cc3)C(C)C)c2cc1C(C)C. The number of benzene rings is 2. The lowest BCUT2D eigenvalue weighted by molar-refractivity contribution is -0.148. The topological polar surface area (TPSA) is 85.6 Å². The highest BCUT2D eigenvalue weighted by Crippen LogP contribution is 2.27. The number of carbonyl (C=O) groups is 2. The Bertz CT molecular complexity index is 1310. The van der Waals surface area contributed by atoms with Crippen LogP contribution in [0.25, 0.3) is 11.0 Å². The number of amides is 1. The Morgan fingerprint density at radius 3 is 2.19 bits per heavy atom. The molecule has 6 nitrogen and oxygen atoms in total. The van der Waals surface area contributed by atoms with Gasteiger partial charge in [0.1, 0.15) is 18.2 Å². The largest absolute Gasteiger partial charge is 0.459 e. The van der Waals surface area contributed by atoms with Gasteiger partial charge in [0.2, 0.25) is 0 Å². The lowest BCUT2D eigenvalue weighted by Gasteiger charge is -2.22. The van der Waals surface area contributed by atoms with Crippen molar-refractivity contribution in [2.75, 3.05) is 0 Å². The van der Waals surface area contributed by atoms with Gasteiger partial charge in [-0.15, -0.1) is 0 Å². The first kappa shape index (κ1) is 27.2. The fourth-order valence-electron chi connectivity index (χ4n) is 4.22. The first-order valence-electron chi connectivity index (χ1n) is 12.4. The highest BCUT2D eigenvalue weighted by Gasteiger charge is 2.27. The lowest BCUT2D eigenvalue weighted by atomic mass is 9.86. The second-order valence-corrected chi connectivity index (χ2v) is 11.1. The molecule has 1 atom stereocenters. The zero-order chi connectivity index (χ0) is 26.8. The summed E-state index contributed by atoms with van der Waals surface area (Å²) in [7, 11) is 0. The molecule has 1 heterocycles. The fourth-order valence-corrected chi connectivity index (χ4v) is 4.22. The molecule has 192 valence electrons. The van der Waals surface area contributed by atoms with Gasteiger partial charge in [-0.3, -0.25) is 4.79 Å². The molecule has 2 aromatic carbocycles. The zero-order valence-corrected chi connectivity index (χ0v) is 22.5. The van der Waals surface area contributed by atoms with Crippen molar-refractivity contribution in [3.05, 3.63) is 80.7 Å². The average Bonchev–Trinajstić information content (AvgIpc) is 2.79. The van der Waals surface area contributed by atoms with E-state index in [-0.39, 0.29) is 29.8 Å². The molecule has 0 aliphatic carbocycles. The number of nitrogens with one attached hydrogen (secondary N) is 1. The number of hydrogen-bond donors (Lipinski definition) is 1. The summed E-state index contributed by atoms with van der Waals surface area (Å²) in [5.74, 6) is -0.797. The van der Waals surface area contributed by atoms with E-state index in [9.17, 15) is 14.4 Å². The van der Waals surface area contributed by atoms with Crippen LogP contribution in [0.5, 0.6) is 0 Å². The van der Waals surface area contributed by atoms with E-state index in [1.807, 2.05) is 45.0 Å². The highest BCUT2D eigenvalue weighted by atomic mass is 16.5. The molecule has 3 rings (SSSR count). The van der Waals surface area contributed by atoms with E-state index in [1.165, 1.54) is 6.07 Å². The second-order valence-electron chi connectivity index (χ2n) is 11.1. The number of aryl methyl sites for hydroxylation is 1. The normalized spacial score (nSPS) is 12.7. The first-order chi connectivity index (χ1) is 16.8. The molecule has 0 spiro atoms. The van der Waals surface area contributed by atoms with Crippen molar-refractivity contribution in [3.63, 3.8) is 0 Å². The monoisotopic (exact) mass is 491 g/mol. The smallest absolute Gasteiger partial charge is 0.336 e. The summed E-state index contributed by atoms with van der Waals surface area (Å²) in [5.41, 5.74) is 4.27. The Morgan fingerprint density at radius 2 is 1.64 bits per heavy atom. The molecule has 0 saturated heterocycles. The molecule has 0 bridgehead atoms. The number of esters is 1. The number of fused-ring (bicyclic) bond motifs is 1. The van der Waals surface area contributed by atoms with Gasteiger partial charge in [0.25, 0.3) is 5.91 Å². The van der Waals surface area contributed by atoms with E-state index < -0.39 is 17.6 Å². The Hall–Kier alpha value is -3.41. The molecule has 0 saturated carbocycles. The summed E-state index contributed by atoms with van der Waals surface area (Å²) >= 11 is 0. The fraction of sp³-hybridized carbons (Fsp3) is 0.433. The van der Waals surface area contributed by atoms with Crippen LogP contribution < -0.4 is 10.9 Å². The highest BCUT2D eigenvalue weighted by molar-refractivity contribution is 5.97. The summed E-state index contributed by atoms with van der Waals surface area (Å²) in [5, 5.41) is 3.55. The molecule has 0 radical (unpaired) electrons. The predicted octanol–water partition coefficient (Wildman–Crippen LogP) is 6.02. The summed E-state index contributed by atoms with van der Waals surface area (Å²) in [6.07, 6.45) is 0.